The van der Waals surface area contributed by atoms with Crippen LogP contribution in [0, 0.1) is 0 Å². The molecule has 1 fully saturated rings. The molecule has 1 heterocycles. The maximum Gasteiger partial charge on any atom is 0.303 e. The fraction of sp³-hybridized carbons (Fsp3) is 0.533. The van der Waals surface area contributed by atoms with Gasteiger partial charge in [-0.2, -0.15) is 0 Å². The Balaban J connectivity index is 2.15. The Labute approximate surface area is 137 Å². The molecule has 2 rings (SSSR count). The average Bonchev–Trinajstić information content (AvgIpc) is 2.55. The van der Waals surface area contributed by atoms with Crippen molar-refractivity contribution in [1.82, 2.24) is 0 Å². The molecular weight excluding hydrogens is 324 g/mol. The fourth-order valence-electron chi connectivity index (χ4n) is 2.40. The van der Waals surface area contributed by atoms with Crippen molar-refractivity contribution < 1.29 is 44.9 Å². The van der Waals surface area contributed by atoms with Crippen molar-refractivity contribution in [2.75, 3.05) is 6.61 Å². The van der Waals surface area contributed by atoms with Crippen LogP contribution in [0.5, 0.6) is 11.5 Å². The number of hydrogen-bond donors (Lipinski definition) is 6. The van der Waals surface area contributed by atoms with Crippen molar-refractivity contribution in [3.8, 4) is 11.5 Å². The summed E-state index contributed by atoms with van der Waals surface area (Å²) in [7, 11) is 0. The van der Waals surface area contributed by atoms with Gasteiger partial charge in [-0.3, -0.25) is 4.79 Å². The van der Waals surface area contributed by atoms with Gasteiger partial charge < -0.3 is 40.1 Å². The summed E-state index contributed by atoms with van der Waals surface area (Å²) in [5.74, 6) is -1.41. The molecule has 1 aliphatic rings. The van der Waals surface area contributed by atoms with Crippen LogP contribution in [0.25, 0.3) is 0 Å². The quantitative estimate of drug-likeness (QED) is 0.365. The van der Waals surface area contributed by atoms with Crippen LogP contribution in [0.2, 0.25) is 0 Å². The number of aryl methyl sites for hydroxylation is 1. The number of carboxylic acids is 1. The third-order valence-corrected chi connectivity index (χ3v) is 3.78. The maximum atomic E-state index is 10.6. The molecule has 1 aliphatic heterocycles. The van der Waals surface area contributed by atoms with E-state index in [1.165, 1.54) is 18.2 Å². The number of carbonyl (C=O) groups is 1. The van der Waals surface area contributed by atoms with E-state index in [1.807, 2.05) is 0 Å². The van der Waals surface area contributed by atoms with Gasteiger partial charge in [0.2, 0.25) is 6.29 Å². The monoisotopic (exact) mass is 344 g/mol. The number of phenolic OH excluding ortho intramolecular Hbond substituents is 1. The summed E-state index contributed by atoms with van der Waals surface area (Å²) in [6.45, 7) is -0.602. The molecule has 134 valence electrons. The van der Waals surface area contributed by atoms with E-state index in [0.717, 1.165) is 0 Å². The van der Waals surface area contributed by atoms with Crippen molar-refractivity contribution in [1.29, 1.82) is 0 Å². The van der Waals surface area contributed by atoms with Crippen molar-refractivity contribution in [2.24, 2.45) is 0 Å². The van der Waals surface area contributed by atoms with E-state index in [0.29, 0.717) is 5.56 Å². The molecule has 0 aliphatic carbocycles. The van der Waals surface area contributed by atoms with Gasteiger partial charge in [-0.15, -0.1) is 0 Å². The zero-order valence-electron chi connectivity index (χ0n) is 12.6. The number of aromatic hydroxyl groups is 1. The first-order valence-corrected chi connectivity index (χ1v) is 7.35. The topological polar surface area (TPSA) is 157 Å². The standard InChI is InChI=1S/C15H20O9/c16-6-9-12(20)13(21)14(22)15(24-9)23-8-3-1-2-7(11(8)19)4-5-10(17)18/h1-3,9,12-16,19-22H,4-6H2,(H,17,18). The van der Waals surface area contributed by atoms with Gasteiger partial charge in [0.25, 0.3) is 0 Å². The first-order valence-electron chi connectivity index (χ1n) is 7.35. The van der Waals surface area contributed by atoms with E-state index in [-0.39, 0.29) is 24.3 Å². The van der Waals surface area contributed by atoms with Crippen LogP contribution in [-0.2, 0) is 16.0 Å². The summed E-state index contributed by atoms with van der Waals surface area (Å²) in [4.78, 5) is 10.6. The molecule has 0 radical (unpaired) electrons. The van der Waals surface area contributed by atoms with Crippen LogP contribution in [0.4, 0.5) is 0 Å². The molecule has 5 unspecified atom stereocenters. The van der Waals surface area contributed by atoms with Gasteiger partial charge in [0.15, 0.2) is 11.5 Å². The van der Waals surface area contributed by atoms with Crippen molar-refractivity contribution >= 4 is 5.97 Å². The van der Waals surface area contributed by atoms with Crippen LogP contribution in [-0.4, -0.2) is 73.9 Å². The van der Waals surface area contributed by atoms with Crippen LogP contribution in [0.15, 0.2) is 18.2 Å². The minimum Gasteiger partial charge on any atom is -0.504 e. The van der Waals surface area contributed by atoms with Crippen LogP contribution >= 0.6 is 0 Å². The Hall–Kier alpha value is -1.91. The van der Waals surface area contributed by atoms with Gasteiger partial charge in [-0.05, 0) is 18.1 Å². The largest absolute Gasteiger partial charge is 0.504 e. The molecule has 6 N–H and O–H groups in total. The lowest BCUT2D eigenvalue weighted by molar-refractivity contribution is -0.277. The number of para-hydroxylation sites is 1. The Morgan fingerprint density at radius 3 is 2.50 bits per heavy atom. The SMILES string of the molecule is O=C(O)CCc1cccc(OC2OC(CO)C(O)C(O)C2O)c1O. The molecule has 24 heavy (non-hydrogen) atoms. The highest BCUT2D eigenvalue weighted by Crippen LogP contribution is 2.33. The lowest BCUT2D eigenvalue weighted by Gasteiger charge is -2.39. The van der Waals surface area contributed by atoms with E-state index in [4.69, 9.17) is 19.7 Å². The minimum absolute atomic E-state index is 0.0764. The Kier molecular flexibility index (Phi) is 5.97. The van der Waals surface area contributed by atoms with Crippen molar-refractivity contribution in [2.45, 2.75) is 43.5 Å². The van der Waals surface area contributed by atoms with E-state index in [9.17, 15) is 25.2 Å². The summed E-state index contributed by atoms with van der Waals surface area (Å²) < 4.78 is 10.5. The highest BCUT2D eigenvalue weighted by Gasteiger charge is 2.44. The first kappa shape index (κ1) is 18.4. The number of aliphatic hydroxyl groups is 4. The summed E-state index contributed by atoms with van der Waals surface area (Å²) in [5, 5.41) is 57.3. The fourth-order valence-corrected chi connectivity index (χ4v) is 2.40. The third-order valence-electron chi connectivity index (χ3n) is 3.78. The third kappa shape index (κ3) is 3.94. The highest BCUT2D eigenvalue weighted by atomic mass is 16.7. The minimum atomic E-state index is -1.61. The number of carboxylic acid groups (broad SMARTS) is 1. The molecule has 9 heteroatoms. The predicted octanol–water partition coefficient (Wildman–Crippen LogP) is -1.41. The molecule has 1 aromatic carbocycles. The second-order valence-corrected chi connectivity index (χ2v) is 5.47. The Morgan fingerprint density at radius 2 is 1.88 bits per heavy atom. The second kappa shape index (κ2) is 7.77. The van der Waals surface area contributed by atoms with E-state index in [2.05, 4.69) is 0 Å². The maximum absolute atomic E-state index is 10.6. The molecule has 1 saturated heterocycles. The summed E-state index contributed by atoms with van der Waals surface area (Å²) in [6, 6.07) is 4.43. The molecule has 5 atom stereocenters. The van der Waals surface area contributed by atoms with E-state index >= 15 is 0 Å². The van der Waals surface area contributed by atoms with Gasteiger partial charge >= 0.3 is 5.97 Å². The normalized spacial score (nSPS) is 30.1. The molecule has 0 saturated carbocycles. The number of aliphatic hydroxyl groups excluding tert-OH is 4. The highest BCUT2D eigenvalue weighted by molar-refractivity contribution is 5.67. The molecule has 0 amide bonds. The van der Waals surface area contributed by atoms with Crippen molar-refractivity contribution in [3.63, 3.8) is 0 Å². The van der Waals surface area contributed by atoms with Gasteiger partial charge in [0.05, 0.1) is 6.61 Å². The lowest BCUT2D eigenvalue weighted by Crippen LogP contribution is -2.60. The molecule has 0 bridgehead atoms. The zero-order valence-corrected chi connectivity index (χ0v) is 12.6. The number of phenols is 1. The number of hydrogen-bond acceptors (Lipinski definition) is 8. The average molecular weight is 344 g/mol. The number of rotatable bonds is 6. The van der Waals surface area contributed by atoms with Gasteiger partial charge in [-0.25, -0.2) is 0 Å². The zero-order chi connectivity index (χ0) is 17.9. The first-order chi connectivity index (χ1) is 11.3. The molecular formula is C15H20O9. The smallest absolute Gasteiger partial charge is 0.303 e. The second-order valence-electron chi connectivity index (χ2n) is 5.47. The van der Waals surface area contributed by atoms with Crippen LogP contribution < -0.4 is 4.74 Å². The van der Waals surface area contributed by atoms with Gasteiger partial charge in [0, 0.05) is 6.42 Å². The van der Waals surface area contributed by atoms with Gasteiger partial charge in [-0.1, -0.05) is 12.1 Å². The number of benzene rings is 1. The van der Waals surface area contributed by atoms with Crippen molar-refractivity contribution in [3.05, 3.63) is 23.8 Å². The van der Waals surface area contributed by atoms with Crippen LogP contribution in [0.1, 0.15) is 12.0 Å². The van der Waals surface area contributed by atoms with Gasteiger partial charge in [0.1, 0.15) is 24.4 Å². The summed E-state index contributed by atoms with van der Waals surface area (Å²) in [5.41, 5.74) is 0.333. The Morgan fingerprint density at radius 1 is 1.17 bits per heavy atom. The lowest BCUT2D eigenvalue weighted by atomic mass is 9.99. The van der Waals surface area contributed by atoms with E-state index in [1.54, 1.807) is 0 Å². The summed E-state index contributed by atoms with van der Waals surface area (Å²) in [6.07, 6.45) is -7.39. The number of ether oxygens (including phenoxy) is 2. The van der Waals surface area contributed by atoms with E-state index < -0.39 is 43.3 Å². The predicted molar refractivity (Wildman–Crippen MR) is 78.5 cm³/mol. The molecule has 0 aromatic heterocycles. The molecule has 1 aromatic rings. The Bertz CT molecular complexity index is 574. The number of aliphatic carboxylic acids is 1. The molecule has 0 spiro atoms. The van der Waals surface area contributed by atoms with Crippen LogP contribution in [0.3, 0.4) is 0 Å². The molecule has 9 nitrogen and oxygen atoms in total. The summed E-state index contributed by atoms with van der Waals surface area (Å²) >= 11 is 0.